The summed E-state index contributed by atoms with van der Waals surface area (Å²) in [6, 6.07) is 0. The predicted octanol–water partition coefficient (Wildman–Crippen LogP) is 2.55. The molecule has 95 valence electrons. The average molecular weight is 495 g/mol. The Morgan fingerprint density at radius 2 is 1.75 bits per heavy atom. The van der Waals surface area contributed by atoms with Gasteiger partial charge in [-0.3, -0.25) is 9.59 Å². The molecule has 0 amide bonds. The van der Waals surface area contributed by atoms with Gasteiger partial charge in [0.25, 0.3) is 0 Å². The summed E-state index contributed by atoms with van der Waals surface area (Å²) < 4.78 is 9.64. The van der Waals surface area contributed by atoms with Gasteiger partial charge in [-0.05, 0) is 0 Å². The van der Waals surface area contributed by atoms with E-state index in [4.69, 9.17) is 14.6 Å². The summed E-state index contributed by atoms with van der Waals surface area (Å²) in [5, 5.41) is 8.28. The minimum absolute atomic E-state index is 0.137. The van der Waals surface area contributed by atoms with Crippen LogP contribution >= 0.6 is 40.0 Å². The average Bonchev–Trinajstić information content (AvgIpc) is 2.15. The van der Waals surface area contributed by atoms with Crippen LogP contribution in [0.25, 0.3) is 0 Å². The van der Waals surface area contributed by atoms with Crippen LogP contribution < -0.4 is 0 Å². The van der Waals surface area contributed by atoms with E-state index in [1.807, 2.05) is 0 Å². The summed E-state index contributed by atoms with van der Waals surface area (Å²) in [7, 11) is 2.03. The minimum atomic E-state index is -1.02. The molecule has 0 aliphatic rings. The molecule has 0 aliphatic carbocycles. The third-order valence-electron chi connectivity index (χ3n) is 1.39. The molecule has 0 aromatic heterocycles. The number of rotatable bonds is 5. The molecule has 5 nitrogen and oxygen atoms in total. The SMILES string of the molecule is COC(C)(C)OC(=O)CCC(=O)O.[I][V][I]. The Balaban J connectivity index is 0. The fraction of sp³-hybridized carbons (Fsp3) is 0.750. The molecule has 0 spiro atoms. The van der Waals surface area contributed by atoms with E-state index >= 15 is 0 Å². The van der Waals surface area contributed by atoms with Crippen molar-refractivity contribution in [1.82, 2.24) is 0 Å². The number of carbonyl (C=O) groups excluding carboxylic acids is 1. The molecule has 0 rings (SSSR count). The Bertz CT molecular complexity index is 222. The van der Waals surface area contributed by atoms with Crippen LogP contribution in [0.5, 0.6) is 0 Å². The second-order valence-electron chi connectivity index (χ2n) is 3.04. The van der Waals surface area contributed by atoms with E-state index in [1.165, 1.54) is 7.11 Å². The van der Waals surface area contributed by atoms with Gasteiger partial charge in [0.05, 0.1) is 12.8 Å². The van der Waals surface area contributed by atoms with Gasteiger partial charge in [-0.2, -0.15) is 0 Å². The first-order valence-electron chi connectivity index (χ1n) is 4.20. The maximum atomic E-state index is 11.0. The van der Waals surface area contributed by atoms with Gasteiger partial charge >= 0.3 is 61.4 Å². The van der Waals surface area contributed by atoms with E-state index in [-0.39, 0.29) is 12.8 Å². The maximum absolute atomic E-state index is 11.0. The van der Waals surface area contributed by atoms with Crippen LogP contribution in [0.15, 0.2) is 0 Å². The number of methoxy groups -OCH3 is 1. The first-order valence-corrected chi connectivity index (χ1v) is 13.2. The quantitative estimate of drug-likeness (QED) is 0.361. The molecule has 0 bridgehead atoms. The van der Waals surface area contributed by atoms with Crippen LogP contribution in [0.2, 0.25) is 0 Å². The third kappa shape index (κ3) is 14.9. The fourth-order valence-corrected chi connectivity index (χ4v) is 0.576. The van der Waals surface area contributed by atoms with Crippen LogP contribution in [0.4, 0.5) is 0 Å². The summed E-state index contributed by atoms with van der Waals surface area (Å²) >= 11 is 4.74. The molecule has 16 heavy (non-hydrogen) atoms. The van der Waals surface area contributed by atoms with Gasteiger partial charge in [-0.1, -0.05) is 0 Å². The van der Waals surface area contributed by atoms with Crippen molar-refractivity contribution in [3.63, 3.8) is 0 Å². The van der Waals surface area contributed by atoms with Crippen LogP contribution in [0, 0.1) is 0 Å². The van der Waals surface area contributed by atoms with E-state index in [0.29, 0.717) is 9.47 Å². The van der Waals surface area contributed by atoms with Gasteiger partial charge in [0, 0.05) is 21.0 Å². The summed E-state index contributed by atoms with van der Waals surface area (Å²) in [5.74, 6) is -2.59. The van der Waals surface area contributed by atoms with Gasteiger partial charge in [-0.15, -0.1) is 0 Å². The van der Waals surface area contributed by atoms with Crippen molar-refractivity contribution in [3.8, 4) is 0 Å². The molecule has 0 saturated carbocycles. The zero-order valence-electron chi connectivity index (χ0n) is 9.20. The van der Waals surface area contributed by atoms with E-state index in [0.717, 1.165) is 0 Å². The molecule has 0 unspecified atom stereocenters. The number of hydrogen-bond donors (Lipinski definition) is 1. The van der Waals surface area contributed by atoms with Gasteiger partial charge in [0.2, 0.25) is 5.79 Å². The van der Waals surface area contributed by atoms with Crippen molar-refractivity contribution >= 4 is 51.9 Å². The molecule has 0 aliphatic heterocycles. The van der Waals surface area contributed by atoms with Crippen molar-refractivity contribution in [3.05, 3.63) is 0 Å². The number of halogens is 2. The van der Waals surface area contributed by atoms with Gasteiger partial charge in [0.1, 0.15) is 0 Å². The first kappa shape index (κ1) is 19.3. The second-order valence-corrected chi connectivity index (χ2v) is 14.8. The Labute approximate surface area is 124 Å². The number of ether oxygens (including phenoxy) is 2. The molecule has 0 aromatic rings. The molecule has 0 atom stereocenters. The van der Waals surface area contributed by atoms with Crippen LogP contribution in [0.3, 0.4) is 0 Å². The van der Waals surface area contributed by atoms with Crippen molar-refractivity contribution in [2.75, 3.05) is 7.11 Å². The van der Waals surface area contributed by atoms with Crippen molar-refractivity contribution in [1.29, 1.82) is 0 Å². The van der Waals surface area contributed by atoms with Gasteiger partial charge in [-0.25, -0.2) is 0 Å². The van der Waals surface area contributed by atoms with Crippen LogP contribution in [0.1, 0.15) is 26.7 Å². The van der Waals surface area contributed by atoms with E-state index in [2.05, 4.69) is 40.0 Å². The first-order chi connectivity index (χ1) is 7.29. The van der Waals surface area contributed by atoms with Gasteiger partial charge in [0.15, 0.2) is 0 Å². The predicted molar refractivity (Wildman–Crippen MR) is 72.1 cm³/mol. The normalized spacial score (nSPS) is 9.81. The van der Waals surface area contributed by atoms with Crippen molar-refractivity contribution < 1.29 is 33.6 Å². The van der Waals surface area contributed by atoms with Crippen LogP contribution in [-0.2, 0) is 28.5 Å². The number of aliphatic carboxylic acids is 1. The van der Waals surface area contributed by atoms with E-state index < -0.39 is 17.7 Å². The van der Waals surface area contributed by atoms with E-state index in [9.17, 15) is 9.59 Å². The molecule has 0 saturated heterocycles. The molecule has 0 aromatic carbocycles. The summed E-state index contributed by atoms with van der Waals surface area (Å²) in [6.07, 6.45) is -0.360. The number of esters is 1. The second kappa shape index (κ2) is 11.1. The third-order valence-corrected chi connectivity index (χ3v) is 1.39. The monoisotopic (exact) mass is 495 g/mol. The van der Waals surface area contributed by atoms with Gasteiger partial charge < -0.3 is 14.6 Å². The molecule has 0 fully saturated rings. The standard InChI is InChI=1S/C8H14O5.2HI.V/c1-8(2,12-3)13-7(11)5-4-6(9)10;;;/h4-5H2,1-3H3,(H,9,10);2*1H;/q;;;+2/p-2. The topological polar surface area (TPSA) is 72.8 Å². The molecule has 1 N–H and O–H groups in total. The molecule has 8 heteroatoms. The zero-order valence-corrected chi connectivity index (χ0v) is 14.9. The van der Waals surface area contributed by atoms with Crippen molar-refractivity contribution in [2.45, 2.75) is 32.5 Å². The molecular formula is C8H14I2O5V. The Morgan fingerprint density at radius 1 is 1.31 bits per heavy atom. The zero-order chi connectivity index (χ0) is 13.2. The number of carboxylic acids is 1. The molecule has 0 heterocycles. The number of carboxylic acid groups (broad SMARTS) is 1. The fourth-order valence-electron chi connectivity index (χ4n) is 0.576. The summed E-state index contributed by atoms with van der Waals surface area (Å²) in [6.45, 7) is 3.15. The molecular weight excluding hydrogens is 481 g/mol. The number of hydrogen-bond acceptors (Lipinski definition) is 4. The van der Waals surface area contributed by atoms with Crippen molar-refractivity contribution in [2.24, 2.45) is 0 Å². The molecule has 0 radical (unpaired) electrons. The summed E-state index contributed by atoms with van der Waals surface area (Å²) in [4.78, 5) is 21.1. The van der Waals surface area contributed by atoms with E-state index in [1.54, 1.807) is 13.8 Å². The Hall–Kier alpha value is 0.944. The Kier molecular flexibility index (Phi) is 13.3. The summed E-state index contributed by atoms with van der Waals surface area (Å²) in [5.41, 5.74) is 0. The Morgan fingerprint density at radius 3 is 2.06 bits per heavy atom. The van der Waals surface area contributed by atoms with Crippen LogP contribution in [-0.4, -0.2) is 29.9 Å². The number of carbonyl (C=O) groups is 2.